The van der Waals surface area contributed by atoms with E-state index in [4.69, 9.17) is 4.74 Å². The van der Waals surface area contributed by atoms with E-state index in [0.29, 0.717) is 12.1 Å². The Morgan fingerprint density at radius 3 is 2.57 bits per heavy atom. The van der Waals surface area contributed by atoms with Crippen LogP contribution in [0.1, 0.15) is 66.2 Å². The van der Waals surface area contributed by atoms with E-state index < -0.39 is 5.60 Å². The first-order chi connectivity index (χ1) is 9.85. The highest BCUT2D eigenvalue weighted by atomic mass is 16.6. The zero-order valence-electron chi connectivity index (χ0n) is 14.2. The summed E-state index contributed by atoms with van der Waals surface area (Å²) in [6, 6.07) is 0.808. The predicted molar refractivity (Wildman–Crippen MR) is 85.4 cm³/mol. The summed E-state index contributed by atoms with van der Waals surface area (Å²) in [7, 11) is 0. The molecule has 2 fully saturated rings. The molecule has 0 bridgehead atoms. The van der Waals surface area contributed by atoms with E-state index in [9.17, 15) is 4.79 Å². The normalized spacial score (nSPS) is 24.8. The Bertz CT molecular complexity index is 347. The number of amides is 1. The van der Waals surface area contributed by atoms with Gasteiger partial charge in [0.15, 0.2) is 0 Å². The van der Waals surface area contributed by atoms with Gasteiger partial charge in [-0.05, 0) is 72.3 Å². The lowest BCUT2D eigenvalue weighted by Crippen LogP contribution is -2.43. The second-order valence-electron chi connectivity index (χ2n) is 7.81. The smallest absolute Gasteiger partial charge is 0.410 e. The summed E-state index contributed by atoms with van der Waals surface area (Å²) in [6.45, 7) is 10.0. The Morgan fingerprint density at radius 1 is 1.29 bits per heavy atom. The second kappa shape index (κ2) is 6.99. The molecule has 1 aliphatic carbocycles. The summed E-state index contributed by atoms with van der Waals surface area (Å²) in [5.74, 6) is 0.887. The number of ether oxygens (including phenoxy) is 1. The fourth-order valence-corrected chi connectivity index (χ4v) is 3.20. The molecular weight excluding hydrogens is 264 g/mol. The van der Waals surface area contributed by atoms with Crippen LogP contribution in [-0.2, 0) is 4.74 Å². The maximum atomic E-state index is 12.3. The van der Waals surface area contributed by atoms with Crippen molar-refractivity contribution < 1.29 is 9.53 Å². The molecule has 0 aromatic heterocycles. The molecule has 1 amide bonds. The fraction of sp³-hybridized carbons (Fsp3) is 0.941. The average molecular weight is 296 g/mol. The van der Waals surface area contributed by atoms with Gasteiger partial charge in [0.1, 0.15) is 5.60 Å². The molecule has 21 heavy (non-hydrogen) atoms. The molecule has 0 spiro atoms. The molecule has 1 saturated heterocycles. The van der Waals surface area contributed by atoms with Crippen LogP contribution in [0.25, 0.3) is 0 Å². The Hall–Kier alpha value is -0.770. The van der Waals surface area contributed by atoms with Gasteiger partial charge in [0, 0.05) is 18.6 Å². The van der Waals surface area contributed by atoms with Crippen molar-refractivity contribution in [2.45, 2.75) is 83.9 Å². The summed E-state index contributed by atoms with van der Waals surface area (Å²) in [4.78, 5) is 14.2. The van der Waals surface area contributed by atoms with Gasteiger partial charge in [-0.15, -0.1) is 0 Å². The van der Waals surface area contributed by atoms with Gasteiger partial charge in [-0.2, -0.15) is 0 Å². The fourth-order valence-electron chi connectivity index (χ4n) is 3.20. The number of nitrogens with one attached hydrogen (secondary N) is 1. The van der Waals surface area contributed by atoms with Crippen LogP contribution >= 0.6 is 0 Å². The van der Waals surface area contributed by atoms with Gasteiger partial charge in [-0.1, -0.05) is 6.42 Å². The second-order valence-corrected chi connectivity index (χ2v) is 7.81. The third-order valence-corrected chi connectivity index (χ3v) is 4.61. The van der Waals surface area contributed by atoms with Crippen LogP contribution in [-0.4, -0.2) is 41.8 Å². The first-order valence-corrected chi connectivity index (χ1v) is 8.58. The molecule has 1 aliphatic heterocycles. The van der Waals surface area contributed by atoms with Gasteiger partial charge < -0.3 is 15.0 Å². The molecular formula is C17H32N2O2. The molecule has 2 aliphatic rings. The van der Waals surface area contributed by atoms with Crippen LogP contribution < -0.4 is 5.32 Å². The highest BCUT2D eigenvalue weighted by Crippen LogP contribution is 2.26. The lowest BCUT2D eigenvalue weighted by molar-refractivity contribution is 0.0214. The summed E-state index contributed by atoms with van der Waals surface area (Å²) in [5.41, 5.74) is -0.404. The van der Waals surface area contributed by atoms with Crippen molar-refractivity contribution in [3.05, 3.63) is 0 Å². The zero-order valence-corrected chi connectivity index (χ0v) is 14.2. The number of carbonyl (C=O) groups is 1. The van der Waals surface area contributed by atoms with Crippen molar-refractivity contribution >= 4 is 6.09 Å². The summed E-state index contributed by atoms with van der Waals surface area (Å²) in [5, 5.41) is 3.64. The standard InChI is InChI=1S/C17H32N2O2/c1-13(18-12-14-7-5-8-14)11-15-9-6-10-19(15)16(20)21-17(2,3)4/h13-15,18H,5-12H2,1-4H3. The molecule has 1 heterocycles. The van der Waals surface area contributed by atoms with Gasteiger partial charge in [-0.25, -0.2) is 4.79 Å². The van der Waals surface area contributed by atoms with Crippen molar-refractivity contribution in [3.8, 4) is 0 Å². The Balaban J connectivity index is 1.76. The van der Waals surface area contributed by atoms with E-state index in [1.54, 1.807) is 0 Å². The van der Waals surface area contributed by atoms with Gasteiger partial charge in [0.05, 0.1) is 0 Å². The first-order valence-electron chi connectivity index (χ1n) is 8.58. The average Bonchev–Trinajstić information content (AvgIpc) is 2.72. The van der Waals surface area contributed by atoms with Crippen LogP contribution in [0.2, 0.25) is 0 Å². The lowest BCUT2D eigenvalue weighted by Gasteiger charge is -2.31. The van der Waals surface area contributed by atoms with Gasteiger partial charge in [0.25, 0.3) is 0 Å². The lowest BCUT2D eigenvalue weighted by atomic mass is 9.85. The highest BCUT2D eigenvalue weighted by Gasteiger charge is 2.33. The van der Waals surface area contributed by atoms with Crippen LogP contribution in [0, 0.1) is 5.92 Å². The molecule has 1 saturated carbocycles. The molecule has 122 valence electrons. The summed E-state index contributed by atoms with van der Waals surface area (Å²) < 4.78 is 5.52. The minimum atomic E-state index is -0.404. The van der Waals surface area contributed by atoms with Crippen LogP contribution in [0.3, 0.4) is 0 Å². The van der Waals surface area contributed by atoms with Crippen molar-refractivity contribution in [1.29, 1.82) is 0 Å². The topological polar surface area (TPSA) is 41.6 Å². The quantitative estimate of drug-likeness (QED) is 0.843. The summed E-state index contributed by atoms with van der Waals surface area (Å²) in [6.07, 6.45) is 7.26. The van der Waals surface area contributed by atoms with Crippen LogP contribution in [0.15, 0.2) is 0 Å². The molecule has 0 aromatic rings. The highest BCUT2D eigenvalue weighted by molar-refractivity contribution is 5.68. The third-order valence-electron chi connectivity index (χ3n) is 4.61. The van der Waals surface area contributed by atoms with Gasteiger partial charge >= 0.3 is 6.09 Å². The van der Waals surface area contributed by atoms with E-state index in [0.717, 1.165) is 38.3 Å². The number of rotatable bonds is 5. The molecule has 0 radical (unpaired) electrons. The number of nitrogens with zero attached hydrogens (tertiary/aromatic N) is 1. The van der Waals surface area contributed by atoms with E-state index in [1.807, 2.05) is 25.7 Å². The van der Waals surface area contributed by atoms with Crippen molar-refractivity contribution in [1.82, 2.24) is 10.2 Å². The van der Waals surface area contributed by atoms with Crippen LogP contribution in [0.5, 0.6) is 0 Å². The molecule has 4 heteroatoms. The van der Waals surface area contributed by atoms with Gasteiger partial charge in [-0.3, -0.25) is 0 Å². The maximum absolute atomic E-state index is 12.3. The molecule has 0 aromatic carbocycles. The van der Waals surface area contributed by atoms with E-state index in [1.165, 1.54) is 19.3 Å². The SMILES string of the molecule is CC(CC1CCCN1C(=O)OC(C)(C)C)NCC1CCC1. The van der Waals surface area contributed by atoms with Crippen molar-refractivity contribution in [2.75, 3.05) is 13.1 Å². The van der Waals surface area contributed by atoms with Crippen molar-refractivity contribution in [2.24, 2.45) is 5.92 Å². The Morgan fingerprint density at radius 2 is 2.00 bits per heavy atom. The monoisotopic (exact) mass is 296 g/mol. The molecule has 2 atom stereocenters. The van der Waals surface area contributed by atoms with Crippen molar-refractivity contribution in [3.63, 3.8) is 0 Å². The van der Waals surface area contributed by atoms with Gasteiger partial charge in [0.2, 0.25) is 0 Å². The first kappa shape index (κ1) is 16.6. The number of hydrogen-bond donors (Lipinski definition) is 1. The zero-order chi connectivity index (χ0) is 15.5. The predicted octanol–water partition coefficient (Wildman–Crippen LogP) is 3.55. The van der Waals surface area contributed by atoms with E-state index in [-0.39, 0.29) is 6.09 Å². The summed E-state index contributed by atoms with van der Waals surface area (Å²) >= 11 is 0. The molecule has 4 nitrogen and oxygen atoms in total. The minimum absolute atomic E-state index is 0.142. The van der Waals surface area contributed by atoms with E-state index in [2.05, 4.69) is 12.2 Å². The van der Waals surface area contributed by atoms with Crippen LogP contribution in [0.4, 0.5) is 4.79 Å². The number of likely N-dealkylation sites (tertiary alicyclic amines) is 1. The largest absolute Gasteiger partial charge is 0.444 e. The number of hydrogen-bond acceptors (Lipinski definition) is 3. The Labute approximate surface area is 129 Å². The number of carbonyl (C=O) groups excluding carboxylic acids is 1. The van der Waals surface area contributed by atoms with E-state index >= 15 is 0 Å². The maximum Gasteiger partial charge on any atom is 0.410 e. The third kappa shape index (κ3) is 5.17. The molecule has 2 rings (SSSR count). The molecule has 1 N–H and O–H groups in total. The minimum Gasteiger partial charge on any atom is -0.444 e. The Kier molecular flexibility index (Phi) is 5.53. The molecule has 2 unspecified atom stereocenters.